The highest BCUT2D eigenvalue weighted by molar-refractivity contribution is 7.30. The molecule has 0 spiro atoms. The minimum Gasteiger partial charge on any atom is -0.143 e. The van der Waals surface area contributed by atoms with E-state index >= 15 is 0 Å². The van der Waals surface area contributed by atoms with Crippen LogP contribution < -0.4 is 0 Å². The largest absolute Gasteiger partial charge is 0.143 e. The van der Waals surface area contributed by atoms with Crippen molar-refractivity contribution in [1.29, 1.82) is 0 Å². The molecule has 0 unspecified atom stereocenters. The van der Waals surface area contributed by atoms with Crippen molar-refractivity contribution in [1.82, 2.24) is 0 Å². The summed E-state index contributed by atoms with van der Waals surface area (Å²) in [7, 11) is 0. The van der Waals surface area contributed by atoms with E-state index in [1.165, 1.54) is 19.2 Å². The molecule has 0 aliphatic carbocycles. The third kappa shape index (κ3) is 1.24. The summed E-state index contributed by atoms with van der Waals surface area (Å²) in [6.45, 7) is 0. The fourth-order valence-electron chi connectivity index (χ4n) is 1.31. The Labute approximate surface area is 88.1 Å². The van der Waals surface area contributed by atoms with Gasteiger partial charge in [0.2, 0.25) is 0 Å². The van der Waals surface area contributed by atoms with Gasteiger partial charge in [0.15, 0.2) is 0 Å². The predicted octanol–water partition coefficient (Wildman–Crippen LogP) is 4.69. The first-order valence-corrected chi connectivity index (χ1v) is 6.52. The zero-order valence-electron chi connectivity index (χ0n) is 6.69. The number of hydrogen-bond donors (Lipinski definition) is 0. The van der Waals surface area contributed by atoms with Gasteiger partial charge in [0.05, 0.1) is 0 Å². The summed E-state index contributed by atoms with van der Waals surface area (Å²) in [4.78, 5) is 2.78. The SMILES string of the molecule is c1csc(-c2cc3sccc3s2)c1. The molecule has 0 fully saturated rings. The van der Waals surface area contributed by atoms with Gasteiger partial charge in [-0.2, -0.15) is 0 Å². The zero-order valence-corrected chi connectivity index (χ0v) is 9.14. The Kier molecular flexibility index (Phi) is 1.75. The molecule has 3 aromatic heterocycles. The van der Waals surface area contributed by atoms with Crippen molar-refractivity contribution in [3.8, 4) is 9.75 Å². The minimum absolute atomic E-state index is 1.38. The van der Waals surface area contributed by atoms with Crippen LogP contribution in [0.2, 0.25) is 0 Å². The average Bonchev–Trinajstić information content (AvgIpc) is 2.78. The van der Waals surface area contributed by atoms with Crippen LogP contribution in [0.15, 0.2) is 35.0 Å². The van der Waals surface area contributed by atoms with E-state index in [0.717, 1.165) is 0 Å². The Morgan fingerprint density at radius 1 is 0.846 bits per heavy atom. The molecule has 0 aliphatic heterocycles. The first-order valence-electron chi connectivity index (χ1n) is 3.94. The second kappa shape index (κ2) is 2.94. The predicted molar refractivity (Wildman–Crippen MR) is 63.0 cm³/mol. The molecular weight excluding hydrogens is 216 g/mol. The molecule has 0 atom stereocenters. The molecule has 0 nitrogen and oxygen atoms in total. The standard InChI is InChI=1S/C10H6S3/c1-2-7(11-4-1)10-6-9-8(13-10)3-5-12-9/h1-6H. The van der Waals surface area contributed by atoms with E-state index in [4.69, 9.17) is 0 Å². The maximum Gasteiger partial charge on any atom is 0.0463 e. The van der Waals surface area contributed by atoms with Crippen LogP contribution in [0.4, 0.5) is 0 Å². The monoisotopic (exact) mass is 222 g/mol. The van der Waals surface area contributed by atoms with Crippen molar-refractivity contribution < 1.29 is 0 Å². The normalized spacial score (nSPS) is 11.1. The summed E-state index contributed by atoms with van der Waals surface area (Å²) in [5.41, 5.74) is 0. The number of hydrogen-bond acceptors (Lipinski definition) is 3. The third-order valence-electron chi connectivity index (χ3n) is 1.90. The molecule has 0 N–H and O–H groups in total. The van der Waals surface area contributed by atoms with E-state index in [9.17, 15) is 0 Å². The highest BCUT2D eigenvalue weighted by Gasteiger charge is 2.04. The third-order valence-corrected chi connectivity index (χ3v) is 5.06. The van der Waals surface area contributed by atoms with Gasteiger partial charge in [0.1, 0.15) is 0 Å². The van der Waals surface area contributed by atoms with Crippen LogP contribution in [-0.4, -0.2) is 0 Å². The van der Waals surface area contributed by atoms with Crippen LogP contribution in [0.5, 0.6) is 0 Å². The van der Waals surface area contributed by atoms with Crippen molar-refractivity contribution in [2.24, 2.45) is 0 Å². The fraction of sp³-hybridized carbons (Fsp3) is 0. The molecule has 0 saturated carbocycles. The van der Waals surface area contributed by atoms with Crippen molar-refractivity contribution in [3.63, 3.8) is 0 Å². The number of thiophene rings is 3. The highest BCUT2D eigenvalue weighted by Crippen LogP contribution is 2.37. The lowest BCUT2D eigenvalue weighted by Crippen LogP contribution is -1.56. The maximum atomic E-state index is 2.29. The Morgan fingerprint density at radius 3 is 2.62 bits per heavy atom. The second-order valence-electron chi connectivity index (χ2n) is 2.74. The lowest BCUT2D eigenvalue weighted by atomic mass is 10.4. The molecule has 0 radical (unpaired) electrons. The summed E-state index contributed by atoms with van der Waals surface area (Å²) < 4.78 is 2.82. The van der Waals surface area contributed by atoms with E-state index in [1.807, 2.05) is 34.0 Å². The van der Waals surface area contributed by atoms with Crippen LogP contribution in [0.25, 0.3) is 19.2 Å². The van der Waals surface area contributed by atoms with Crippen LogP contribution in [0.1, 0.15) is 0 Å². The maximum absolute atomic E-state index is 2.29. The van der Waals surface area contributed by atoms with Gasteiger partial charge in [-0.15, -0.1) is 34.0 Å². The molecule has 0 aliphatic rings. The van der Waals surface area contributed by atoms with E-state index in [0.29, 0.717) is 0 Å². The van der Waals surface area contributed by atoms with Gasteiger partial charge in [0, 0.05) is 19.2 Å². The molecule has 0 aromatic carbocycles. The highest BCUT2D eigenvalue weighted by atomic mass is 32.1. The molecule has 3 rings (SSSR count). The molecule has 0 bridgehead atoms. The fourth-order valence-corrected chi connectivity index (χ4v) is 4.24. The van der Waals surface area contributed by atoms with E-state index in [1.54, 1.807) is 0 Å². The van der Waals surface area contributed by atoms with Crippen LogP contribution in [0, 0.1) is 0 Å². The molecule has 0 amide bonds. The smallest absolute Gasteiger partial charge is 0.0463 e. The average molecular weight is 222 g/mol. The quantitative estimate of drug-likeness (QED) is 0.560. The summed E-state index contributed by atoms with van der Waals surface area (Å²) in [5.74, 6) is 0. The Balaban J connectivity index is 2.23. The first-order chi connectivity index (χ1) is 6.43. The first kappa shape index (κ1) is 7.74. The second-order valence-corrected chi connectivity index (χ2v) is 5.72. The van der Waals surface area contributed by atoms with Gasteiger partial charge in [-0.1, -0.05) is 6.07 Å². The van der Waals surface area contributed by atoms with Gasteiger partial charge < -0.3 is 0 Å². The zero-order chi connectivity index (χ0) is 8.67. The summed E-state index contributed by atoms with van der Waals surface area (Å²) in [6.07, 6.45) is 0. The minimum atomic E-state index is 1.38. The lowest BCUT2D eigenvalue weighted by Gasteiger charge is -1.85. The lowest BCUT2D eigenvalue weighted by molar-refractivity contribution is 1.97. The van der Waals surface area contributed by atoms with E-state index in [2.05, 4.69) is 35.0 Å². The van der Waals surface area contributed by atoms with Crippen molar-refractivity contribution in [2.75, 3.05) is 0 Å². The van der Waals surface area contributed by atoms with Gasteiger partial charge in [-0.3, -0.25) is 0 Å². The number of fused-ring (bicyclic) bond motifs is 1. The Morgan fingerprint density at radius 2 is 1.85 bits per heavy atom. The van der Waals surface area contributed by atoms with Gasteiger partial charge >= 0.3 is 0 Å². The van der Waals surface area contributed by atoms with Crippen molar-refractivity contribution >= 4 is 43.4 Å². The van der Waals surface area contributed by atoms with Crippen LogP contribution in [-0.2, 0) is 0 Å². The molecule has 13 heavy (non-hydrogen) atoms. The molecule has 3 heteroatoms. The summed E-state index contributed by atoms with van der Waals surface area (Å²) in [5, 5.41) is 4.28. The van der Waals surface area contributed by atoms with E-state index < -0.39 is 0 Å². The van der Waals surface area contributed by atoms with Crippen LogP contribution in [0.3, 0.4) is 0 Å². The van der Waals surface area contributed by atoms with Crippen molar-refractivity contribution in [3.05, 3.63) is 35.0 Å². The van der Waals surface area contributed by atoms with Gasteiger partial charge in [-0.25, -0.2) is 0 Å². The van der Waals surface area contributed by atoms with Crippen molar-refractivity contribution in [2.45, 2.75) is 0 Å². The molecule has 3 heterocycles. The summed E-state index contributed by atoms with van der Waals surface area (Å²) in [6, 6.07) is 8.77. The van der Waals surface area contributed by atoms with Crippen LogP contribution >= 0.6 is 34.0 Å². The summed E-state index contributed by atoms with van der Waals surface area (Å²) >= 11 is 5.51. The molecular formula is C10H6S3. The van der Waals surface area contributed by atoms with Gasteiger partial charge in [-0.05, 0) is 29.0 Å². The topological polar surface area (TPSA) is 0 Å². The number of rotatable bonds is 1. The molecule has 0 saturated heterocycles. The molecule has 64 valence electrons. The van der Waals surface area contributed by atoms with Gasteiger partial charge in [0.25, 0.3) is 0 Å². The molecule has 3 aromatic rings. The Hall–Kier alpha value is -0.640. The van der Waals surface area contributed by atoms with E-state index in [-0.39, 0.29) is 0 Å². The Bertz CT molecular complexity index is 485.